The molecule has 1 aromatic rings. The minimum atomic E-state index is -0.230. The van der Waals surface area contributed by atoms with Crippen LogP contribution in [0.1, 0.15) is 24.8 Å². The zero-order chi connectivity index (χ0) is 21.2. The van der Waals surface area contributed by atoms with E-state index in [0.29, 0.717) is 32.9 Å². The Morgan fingerprint density at radius 1 is 1.19 bits per heavy atom. The van der Waals surface area contributed by atoms with Gasteiger partial charge in [-0.3, -0.25) is 9.79 Å². The quantitative estimate of drug-likeness (QED) is 0.233. The van der Waals surface area contributed by atoms with Crippen molar-refractivity contribution in [1.82, 2.24) is 15.1 Å². The van der Waals surface area contributed by atoms with Crippen molar-refractivity contribution in [3.8, 4) is 5.75 Å². The molecule has 1 N–H and O–H groups in total. The molecule has 2 fully saturated rings. The van der Waals surface area contributed by atoms with E-state index in [1.54, 1.807) is 14.2 Å². The van der Waals surface area contributed by atoms with E-state index < -0.39 is 0 Å². The number of guanidine groups is 1. The second kappa shape index (κ2) is 13.7. The van der Waals surface area contributed by atoms with Crippen LogP contribution in [0.25, 0.3) is 0 Å². The summed E-state index contributed by atoms with van der Waals surface area (Å²) < 4.78 is 16.4. The molecule has 1 aromatic carbocycles. The van der Waals surface area contributed by atoms with E-state index in [1.807, 2.05) is 29.2 Å². The van der Waals surface area contributed by atoms with Gasteiger partial charge in [0.15, 0.2) is 5.96 Å². The summed E-state index contributed by atoms with van der Waals surface area (Å²) in [5, 5.41) is 3.40. The molecule has 31 heavy (non-hydrogen) atoms. The van der Waals surface area contributed by atoms with Crippen LogP contribution in [0, 0.1) is 0 Å². The molecule has 0 spiro atoms. The number of carbonyl (C=O) groups excluding carboxylic acids is 1. The summed E-state index contributed by atoms with van der Waals surface area (Å²) in [7, 11) is 3.46. The molecule has 9 heteroatoms. The third-order valence-electron chi connectivity index (χ3n) is 5.48. The van der Waals surface area contributed by atoms with Crippen LogP contribution in [-0.4, -0.2) is 87.9 Å². The van der Waals surface area contributed by atoms with Crippen molar-refractivity contribution in [1.29, 1.82) is 0 Å². The Morgan fingerprint density at radius 2 is 1.90 bits per heavy atom. The van der Waals surface area contributed by atoms with Gasteiger partial charge in [-0.1, -0.05) is 12.1 Å². The molecule has 0 radical (unpaired) electrons. The van der Waals surface area contributed by atoms with E-state index in [4.69, 9.17) is 14.2 Å². The summed E-state index contributed by atoms with van der Waals surface area (Å²) in [4.78, 5) is 21.0. The summed E-state index contributed by atoms with van der Waals surface area (Å²) in [6, 6.07) is 7.92. The third kappa shape index (κ3) is 7.80. The molecule has 174 valence electrons. The molecule has 0 bridgehead atoms. The number of aliphatic imine (C=N–C) groups is 1. The fourth-order valence-electron chi connectivity index (χ4n) is 3.73. The summed E-state index contributed by atoms with van der Waals surface area (Å²) >= 11 is 0. The normalized spacial score (nSPS) is 19.2. The van der Waals surface area contributed by atoms with E-state index in [-0.39, 0.29) is 36.0 Å². The minimum absolute atomic E-state index is 0. The molecule has 2 aliphatic heterocycles. The van der Waals surface area contributed by atoms with E-state index in [0.717, 1.165) is 56.2 Å². The summed E-state index contributed by atoms with van der Waals surface area (Å²) in [5.41, 5.74) is 1.13. The number of hydrogen-bond donors (Lipinski definition) is 1. The number of hydrogen-bond acceptors (Lipinski definition) is 5. The molecule has 0 saturated carbocycles. The lowest BCUT2D eigenvalue weighted by atomic mass is 10.2. The first kappa shape index (κ1) is 25.7. The van der Waals surface area contributed by atoms with Crippen molar-refractivity contribution in [3.63, 3.8) is 0 Å². The maximum absolute atomic E-state index is 12.5. The fraction of sp³-hybridized carbons (Fsp3) is 0.636. The van der Waals surface area contributed by atoms with Crippen LogP contribution in [0.15, 0.2) is 29.3 Å². The Labute approximate surface area is 202 Å². The van der Waals surface area contributed by atoms with Crippen LogP contribution in [0.2, 0.25) is 0 Å². The van der Waals surface area contributed by atoms with Crippen molar-refractivity contribution in [2.45, 2.75) is 32.0 Å². The molecule has 0 aliphatic carbocycles. The van der Waals surface area contributed by atoms with Crippen molar-refractivity contribution in [2.24, 2.45) is 4.99 Å². The van der Waals surface area contributed by atoms with Crippen LogP contribution in [-0.2, 0) is 20.9 Å². The van der Waals surface area contributed by atoms with Gasteiger partial charge in [0, 0.05) is 53.0 Å². The van der Waals surface area contributed by atoms with Gasteiger partial charge in [-0.05, 0) is 37.0 Å². The van der Waals surface area contributed by atoms with Crippen molar-refractivity contribution in [3.05, 3.63) is 29.8 Å². The summed E-state index contributed by atoms with van der Waals surface area (Å²) in [6.45, 7) is 5.77. The van der Waals surface area contributed by atoms with E-state index in [2.05, 4.69) is 15.2 Å². The van der Waals surface area contributed by atoms with Gasteiger partial charge in [-0.15, -0.1) is 24.0 Å². The zero-order valence-electron chi connectivity index (χ0n) is 18.5. The number of benzene rings is 1. The van der Waals surface area contributed by atoms with Gasteiger partial charge in [0.05, 0.1) is 13.7 Å². The lowest BCUT2D eigenvalue weighted by Gasteiger charge is -2.37. The van der Waals surface area contributed by atoms with Crippen LogP contribution >= 0.6 is 24.0 Å². The highest BCUT2D eigenvalue weighted by atomic mass is 127. The Morgan fingerprint density at radius 3 is 2.52 bits per heavy atom. The van der Waals surface area contributed by atoms with Gasteiger partial charge >= 0.3 is 0 Å². The predicted molar refractivity (Wildman–Crippen MR) is 131 cm³/mol. The van der Waals surface area contributed by atoms with Crippen molar-refractivity contribution < 1.29 is 19.0 Å². The van der Waals surface area contributed by atoms with E-state index in [9.17, 15) is 4.79 Å². The highest BCUT2D eigenvalue weighted by Gasteiger charge is 2.30. The Hall–Kier alpha value is -1.59. The summed E-state index contributed by atoms with van der Waals surface area (Å²) in [6.07, 6.45) is 2.50. The first-order valence-corrected chi connectivity index (χ1v) is 10.8. The fourth-order valence-corrected chi connectivity index (χ4v) is 3.73. The molecule has 0 aromatic heterocycles. The Bertz CT molecular complexity index is 687. The molecule has 1 amide bonds. The number of amides is 1. The number of carbonyl (C=O) groups is 1. The smallest absolute Gasteiger partial charge is 0.251 e. The number of ether oxygens (including phenoxy) is 3. The maximum Gasteiger partial charge on any atom is 0.251 e. The number of nitrogens with zero attached hydrogens (tertiary/aromatic N) is 3. The van der Waals surface area contributed by atoms with Crippen LogP contribution in [0.5, 0.6) is 5.75 Å². The largest absolute Gasteiger partial charge is 0.497 e. The second-order valence-electron chi connectivity index (χ2n) is 7.54. The Balaban J connectivity index is 0.00000341. The van der Waals surface area contributed by atoms with Crippen LogP contribution in [0.3, 0.4) is 0 Å². The number of nitrogens with one attached hydrogen (secondary N) is 1. The molecular formula is C22H35IN4O4. The Kier molecular flexibility index (Phi) is 11.4. The van der Waals surface area contributed by atoms with Gasteiger partial charge in [0.1, 0.15) is 11.9 Å². The first-order valence-electron chi connectivity index (χ1n) is 10.8. The van der Waals surface area contributed by atoms with E-state index >= 15 is 0 Å². The van der Waals surface area contributed by atoms with Gasteiger partial charge in [-0.25, -0.2) is 0 Å². The third-order valence-corrected chi connectivity index (χ3v) is 5.48. The van der Waals surface area contributed by atoms with Gasteiger partial charge < -0.3 is 29.3 Å². The average Bonchev–Trinajstić information content (AvgIpc) is 3.34. The number of rotatable bonds is 8. The van der Waals surface area contributed by atoms with Gasteiger partial charge in [-0.2, -0.15) is 0 Å². The zero-order valence-corrected chi connectivity index (χ0v) is 20.9. The number of methoxy groups -OCH3 is 1. The van der Waals surface area contributed by atoms with E-state index in [1.165, 1.54) is 0 Å². The SMILES string of the molecule is CN=C(NCCCOCc1ccc(OC)cc1)N1CCN(C(=O)C2CCCO2)CC1.I. The van der Waals surface area contributed by atoms with Crippen molar-refractivity contribution >= 4 is 35.8 Å². The lowest BCUT2D eigenvalue weighted by molar-refractivity contribution is -0.142. The molecule has 3 rings (SSSR count). The molecule has 1 unspecified atom stereocenters. The molecule has 2 heterocycles. The van der Waals surface area contributed by atoms with Crippen LogP contribution in [0.4, 0.5) is 0 Å². The molecule has 2 aliphatic rings. The first-order chi connectivity index (χ1) is 14.7. The second-order valence-corrected chi connectivity index (χ2v) is 7.54. The van der Waals surface area contributed by atoms with Crippen LogP contribution < -0.4 is 10.1 Å². The molecule has 2 saturated heterocycles. The minimum Gasteiger partial charge on any atom is -0.497 e. The lowest BCUT2D eigenvalue weighted by Crippen LogP contribution is -2.55. The van der Waals surface area contributed by atoms with Gasteiger partial charge in [0.2, 0.25) is 0 Å². The predicted octanol–water partition coefficient (Wildman–Crippen LogP) is 2.12. The molecule has 8 nitrogen and oxygen atoms in total. The van der Waals surface area contributed by atoms with Crippen molar-refractivity contribution in [2.75, 3.05) is 60.1 Å². The highest BCUT2D eigenvalue weighted by Crippen LogP contribution is 2.16. The molecule has 1 atom stereocenters. The molecular weight excluding hydrogens is 511 g/mol. The standard InChI is InChI=1S/C22H34N4O4.HI/c1-23-22(24-10-4-15-29-17-18-6-8-19(28-2)9-7-18)26-13-11-25(12-14-26)21(27)20-5-3-16-30-20;/h6-9,20H,3-5,10-17H2,1-2H3,(H,23,24);1H. The monoisotopic (exact) mass is 546 g/mol. The number of piperazine rings is 1. The van der Waals surface area contributed by atoms with Gasteiger partial charge in [0.25, 0.3) is 5.91 Å². The number of halogens is 1. The highest BCUT2D eigenvalue weighted by molar-refractivity contribution is 14.0. The average molecular weight is 546 g/mol. The summed E-state index contributed by atoms with van der Waals surface area (Å²) in [5.74, 6) is 1.88. The topological polar surface area (TPSA) is 75.6 Å². The maximum atomic E-state index is 12.5.